The van der Waals surface area contributed by atoms with E-state index >= 15 is 0 Å². The molecule has 0 aliphatic heterocycles. The Morgan fingerprint density at radius 1 is 1.56 bits per heavy atom. The second-order valence-electron chi connectivity index (χ2n) is 4.00. The average molecular weight is 290 g/mol. The van der Waals surface area contributed by atoms with Crippen molar-refractivity contribution >= 4 is 21.9 Å². The van der Waals surface area contributed by atoms with Gasteiger partial charge < -0.3 is 5.11 Å². The van der Waals surface area contributed by atoms with E-state index in [2.05, 4.69) is 21.2 Å². The van der Waals surface area contributed by atoms with Gasteiger partial charge in [-0.2, -0.15) is 0 Å². The molecule has 0 saturated heterocycles. The second-order valence-corrected chi connectivity index (χ2v) is 4.79. The van der Waals surface area contributed by atoms with E-state index in [1.807, 2.05) is 0 Å². The third-order valence-corrected chi connectivity index (χ3v) is 3.18. The largest absolute Gasteiger partial charge is 0.480 e. The summed E-state index contributed by atoms with van der Waals surface area (Å²) in [6.45, 7) is 3.41. The molecule has 2 N–H and O–H groups in total. The van der Waals surface area contributed by atoms with E-state index in [1.165, 1.54) is 6.07 Å². The molecular formula is C11H13BrFNO2. The monoisotopic (exact) mass is 289 g/mol. The predicted octanol–water partition coefficient (Wildman–Crippen LogP) is 2.54. The highest BCUT2D eigenvalue weighted by Gasteiger charge is 2.26. The molecule has 88 valence electrons. The van der Waals surface area contributed by atoms with Gasteiger partial charge >= 0.3 is 5.97 Å². The van der Waals surface area contributed by atoms with Crippen LogP contribution in [-0.2, 0) is 11.3 Å². The zero-order chi connectivity index (χ0) is 12.3. The van der Waals surface area contributed by atoms with Gasteiger partial charge in [0.25, 0.3) is 0 Å². The molecule has 1 aromatic rings. The van der Waals surface area contributed by atoms with Crippen LogP contribution in [0.2, 0.25) is 0 Å². The SMILES string of the molecule is CC(C)(NCc1cccc(F)c1Br)C(=O)O. The molecule has 5 heteroatoms. The zero-order valence-electron chi connectivity index (χ0n) is 9.05. The first-order valence-corrected chi connectivity index (χ1v) is 5.55. The van der Waals surface area contributed by atoms with Crippen LogP contribution >= 0.6 is 15.9 Å². The third kappa shape index (κ3) is 3.02. The minimum absolute atomic E-state index is 0.289. The highest BCUT2D eigenvalue weighted by molar-refractivity contribution is 9.10. The van der Waals surface area contributed by atoms with Crippen LogP contribution in [0, 0.1) is 5.82 Å². The van der Waals surface area contributed by atoms with E-state index in [9.17, 15) is 9.18 Å². The van der Waals surface area contributed by atoms with Crippen molar-refractivity contribution < 1.29 is 14.3 Å². The maximum absolute atomic E-state index is 13.2. The first-order valence-electron chi connectivity index (χ1n) is 4.76. The summed E-state index contributed by atoms with van der Waals surface area (Å²) in [4.78, 5) is 10.8. The Labute approximate surface area is 102 Å². The number of halogens is 2. The van der Waals surface area contributed by atoms with Gasteiger partial charge in [-0.1, -0.05) is 12.1 Å². The highest BCUT2D eigenvalue weighted by atomic mass is 79.9. The van der Waals surface area contributed by atoms with Crippen LogP contribution in [0.4, 0.5) is 4.39 Å². The summed E-state index contributed by atoms with van der Waals surface area (Å²) in [5.41, 5.74) is -0.347. The highest BCUT2D eigenvalue weighted by Crippen LogP contribution is 2.20. The molecule has 1 rings (SSSR count). The zero-order valence-corrected chi connectivity index (χ0v) is 10.6. The van der Waals surface area contributed by atoms with Crippen molar-refractivity contribution in [3.8, 4) is 0 Å². The number of carboxylic acids is 1. The number of carboxylic acid groups (broad SMARTS) is 1. The average Bonchev–Trinajstić information content (AvgIpc) is 2.20. The lowest BCUT2D eigenvalue weighted by molar-refractivity contribution is -0.143. The van der Waals surface area contributed by atoms with Crippen LogP contribution in [0.3, 0.4) is 0 Å². The van der Waals surface area contributed by atoms with E-state index in [0.29, 0.717) is 10.0 Å². The van der Waals surface area contributed by atoms with Gasteiger partial charge in [0.1, 0.15) is 11.4 Å². The second kappa shape index (κ2) is 4.93. The van der Waals surface area contributed by atoms with E-state index in [0.717, 1.165) is 0 Å². The van der Waals surface area contributed by atoms with Crippen molar-refractivity contribution in [1.82, 2.24) is 5.32 Å². The molecule has 0 unspecified atom stereocenters. The van der Waals surface area contributed by atoms with Gasteiger partial charge in [-0.15, -0.1) is 0 Å². The Balaban J connectivity index is 2.76. The minimum Gasteiger partial charge on any atom is -0.480 e. The van der Waals surface area contributed by atoms with Gasteiger partial charge in [0, 0.05) is 6.54 Å². The molecule has 0 radical (unpaired) electrons. The van der Waals surface area contributed by atoms with Gasteiger partial charge in [0.05, 0.1) is 4.47 Å². The van der Waals surface area contributed by atoms with Gasteiger partial charge in [0.2, 0.25) is 0 Å². The lowest BCUT2D eigenvalue weighted by atomic mass is 10.1. The Bertz CT molecular complexity index is 407. The maximum atomic E-state index is 13.2. The number of rotatable bonds is 4. The summed E-state index contributed by atoms with van der Waals surface area (Å²) < 4.78 is 13.5. The van der Waals surface area contributed by atoms with Gasteiger partial charge in [-0.05, 0) is 41.4 Å². The summed E-state index contributed by atoms with van der Waals surface area (Å²) in [6, 6.07) is 4.67. The van der Waals surface area contributed by atoms with Gasteiger partial charge in [-0.3, -0.25) is 10.1 Å². The molecule has 16 heavy (non-hydrogen) atoms. The molecule has 0 aromatic heterocycles. The smallest absolute Gasteiger partial charge is 0.323 e. The first kappa shape index (κ1) is 13.1. The summed E-state index contributed by atoms with van der Waals surface area (Å²) >= 11 is 3.12. The van der Waals surface area contributed by atoms with Crippen LogP contribution in [0.15, 0.2) is 22.7 Å². The molecule has 0 atom stereocenters. The van der Waals surface area contributed by atoms with E-state index in [-0.39, 0.29) is 12.4 Å². The molecule has 0 heterocycles. The van der Waals surface area contributed by atoms with Crippen LogP contribution in [0.1, 0.15) is 19.4 Å². The van der Waals surface area contributed by atoms with Gasteiger partial charge in [0.15, 0.2) is 0 Å². The quantitative estimate of drug-likeness (QED) is 0.896. The Hall–Kier alpha value is -0.940. The van der Waals surface area contributed by atoms with E-state index in [4.69, 9.17) is 5.11 Å². The van der Waals surface area contributed by atoms with Crippen LogP contribution in [-0.4, -0.2) is 16.6 Å². The number of hydrogen-bond donors (Lipinski definition) is 2. The van der Waals surface area contributed by atoms with Crippen molar-refractivity contribution in [3.05, 3.63) is 34.1 Å². The van der Waals surface area contributed by atoms with E-state index in [1.54, 1.807) is 26.0 Å². The topological polar surface area (TPSA) is 49.3 Å². The maximum Gasteiger partial charge on any atom is 0.323 e. The summed E-state index contributed by atoms with van der Waals surface area (Å²) in [6.07, 6.45) is 0. The number of nitrogens with one attached hydrogen (secondary N) is 1. The normalized spacial score (nSPS) is 11.5. The Morgan fingerprint density at radius 3 is 2.75 bits per heavy atom. The Morgan fingerprint density at radius 2 is 2.19 bits per heavy atom. The molecule has 0 amide bonds. The molecule has 0 aliphatic rings. The Kier molecular flexibility index (Phi) is 4.04. The third-order valence-electron chi connectivity index (χ3n) is 2.29. The lowest BCUT2D eigenvalue weighted by Crippen LogP contribution is -2.46. The van der Waals surface area contributed by atoms with E-state index < -0.39 is 11.5 Å². The molecule has 0 fully saturated rings. The van der Waals surface area contributed by atoms with Crippen molar-refractivity contribution in [2.45, 2.75) is 25.9 Å². The van der Waals surface area contributed by atoms with Crippen molar-refractivity contribution in [3.63, 3.8) is 0 Å². The standard InChI is InChI=1S/C11H13BrFNO2/c1-11(2,10(15)16)14-6-7-4-3-5-8(13)9(7)12/h3-5,14H,6H2,1-2H3,(H,15,16). The minimum atomic E-state index is -1.04. The van der Waals surface area contributed by atoms with Gasteiger partial charge in [-0.25, -0.2) is 4.39 Å². The van der Waals surface area contributed by atoms with Crippen molar-refractivity contribution in [2.75, 3.05) is 0 Å². The van der Waals surface area contributed by atoms with Crippen LogP contribution in [0.5, 0.6) is 0 Å². The van der Waals surface area contributed by atoms with Crippen LogP contribution in [0.25, 0.3) is 0 Å². The van der Waals surface area contributed by atoms with Crippen LogP contribution < -0.4 is 5.32 Å². The molecule has 0 bridgehead atoms. The molecule has 0 aliphatic carbocycles. The first-order chi connectivity index (χ1) is 7.34. The lowest BCUT2D eigenvalue weighted by Gasteiger charge is -2.21. The van der Waals surface area contributed by atoms with Crippen molar-refractivity contribution in [2.24, 2.45) is 0 Å². The molecule has 0 saturated carbocycles. The number of hydrogen-bond acceptors (Lipinski definition) is 2. The summed E-state index contributed by atoms with van der Waals surface area (Å²) in [7, 11) is 0. The fraction of sp³-hybridized carbons (Fsp3) is 0.364. The summed E-state index contributed by atoms with van der Waals surface area (Å²) in [5, 5.41) is 11.7. The molecular weight excluding hydrogens is 277 g/mol. The summed E-state index contributed by atoms with van der Waals surface area (Å²) in [5.74, 6) is -1.30. The van der Waals surface area contributed by atoms with Crippen molar-refractivity contribution in [1.29, 1.82) is 0 Å². The number of benzene rings is 1. The molecule has 0 spiro atoms. The number of carbonyl (C=O) groups is 1. The molecule has 1 aromatic carbocycles. The molecule has 3 nitrogen and oxygen atoms in total. The fourth-order valence-corrected chi connectivity index (χ4v) is 1.48. The predicted molar refractivity (Wildman–Crippen MR) is 62.7 cm³/mol. The number of aliphatic carboxylic acids is 1. The fourth-order valence-electron chi connectivity index (χ4n) is 1.08.